The van der Waals surface area contributed by atoms with E-state index in [-0.39, 0.29) is 11.4 Å². The summed E-state index contributed by atoms with van der Waals surface area (Å²) >= 11 is 0. The number of rotatable bonds is 2. The van der Waals surface area contributed by atoms with Crippen molar-refractivity contribution in [2.45, 2.75) is 78.9 Å². The Balaban J connectivity index is 3.16. The summed E-state index contributed by atoms with van der Waals surface area (Å²) in [4.78, 5) is 15.2. The Bertz CT molecular complexity index is 325. The van der Waals surface area contributed by atoms with Crippen LogP contribution in [0, 0.1) is 5.41 Å². The van der Waals surface area contributed by atoms with Gasteiger partial charge >= 0.3 is 5.97 Å². The van der Waals surface area contributed by atoms with Crippen LogP contribution in [0.25, 0.3) is 0 Å². The van der Waals surface area contributed by atoms with Crippen molar-refractivity contribution in [2.24, 2.45) is 5.41 Å². The number of hydrogen-bond acceptors (Lipinski definition) is 3. The Morgan fingerprint density at radius 2 is 1.74 bits per heavy atom. The molecule has 0 N–H and O–H groups in total. The number of piperidine rings is 1. The molecule has 1 rings (SSSR count). The minimum absolute atomic E-state index is 0.0472. The minimum atomic E-state index is -0.479. The van der Waals surface area contributed by atoms with Gasteiger partial charge < -0.3 is 4.74 Å². The smallest absolute Gasteiger partial charge is 0.327 e. The average molecular weight is 269 g/mol. The van der Waals surface area contributed by atoms with Crippen molar-refractivity contribution in [3.63, 3.8) is 0 Å². The summed E-state index contributed by atoms with van der Waals surface area (Å²) in [5.41, 5.74) is -1.02. The number of likely N-dealkylation sites (tertiary alicyclic amines) is 1. The molecule has 1 fully saturated rings. The van der Waals surface area contributed by atoms with Gasteiger partial charge in [-0.3, -0.25) is 4.90 Å². The van der Waals surface area contributed by atoms with Crippen LogP contribution >= 0.6 is 0 Å². The fourth-order valence-electron chi connectivity index (χ4n) is 3.21. The Hall–Kier alpha value is -0.570. The van der Waals surface area contributed by atoms with Crippen LogP contribution in [0.1, 0.15) is 67.7 Å². The van der Waals surface area contributed by atoms with Gasteiger partial charge in [-0.15, -0.1) is 0 Å². The molecule has 19 heavy (non-hydrogen) atoms. The van der Waals surface area contributed by atoms with Crippen molar-refractivity contribution < 1.29 is 9.53 Å². The van der Waals surface area contributed by atoms with Crippen LogP contribution in [-0.4, -0.2) is 35.1 Å². The topological polar surface area (TPSA) is 29.5 Å². The van der Waals surface area contributed by atoms with Crippen LogP contribution in [0.3, 0.4) is 0 Å². The van der Waals surface area contributed by atoms with E-state index in [1.54, 1.807) is 0 Å². The maximum atomic E-state index is 12.9. The first-order chi connectivity index (χ1) is 8.54. The van der Waals surface area contributed by atoms with Crippen molar-refractivity contribution >= 4 is 5.97 Å². The third-order valence-corrected chi connectivity index (χ3v) is 4.12. The molecule has 1 aliphatic rings. The van der Waals surface area contributed by atoms with Gasteiger partial charge in [-0.05, 0) is 58.5 Å². The van der Waals surface area contributed by atoms with E-state index in [4.69, 9.17) is 4.74 Å². The lowest BCUT2D eigenvalue weighted by Crippen LogP contribution is -2.65. The molecule has 0 spiro atoms. The molecule has 0 radical (unpaired) electrons. The molecule has 0 saturated carbocycles. The summed E-state index contributed by atoms with van der Waals surface area (Å²) in [5.74, 6) is -0.0472. The van der Waals surface area contributed by atoms with E-state index < -0.39 is 11.1 Å². The number of esters is 1. The van der Waals surface area contributed by atoms with Crippen LogP contribution in [0.2, 0.25) is 0 Å². The van der Waals surface area contributed by atoms with Crippen LogP contribution in [0.5, 0.6) is 0 Å². The molecule has 1 saturated heterocycles. The number of ether oxygens (including phenoxy) is 1. The van der Waals surface area contributed by atoms with E-state index in [1.165, 1.54) is 6.42 Å². The first kappa shape index (κ1) is 16.5. The zero-order chi connectivity index (χ0) is 14.9. The van der Waals surface area contributed by atoms with Crippen molar-refractivity contribution in [3.05, 3.63) is 0 Å². The lowest BCUT2D eigenvalue weighted by atomic mass is 9.67. The number of likely N-dealkylation sites (N-methyl/N-ethyl adjacent to an activating group) is 1. The number of hydrogen-bond donors (Lipinski definition) is 0. The first-order valence-corrected chi connectivity index (χ1v) is 7.53. The highest BCUT2D eigenvalue weighted by Gasteiger charge is 2.55. The Morgan fingerprint density at radius 3 is 2.16 bits per heavy atom. The Morgan fingerprint density at radius 1 is 1.16 bits per heavy atom. The van der Waals surface area contributed by atoms with E-state index in [0.717, 1.165) is 25.9 Å². The van der Waals surface area contributed by atoms with E-state index in [1.807, 2.05) is 20.8 Å². The standard InChI is InChI=1S/C16H31NO2/c1-8-17-12-10-9-11-16(17,14(2,3)4)13(18)19-15(5,6)7/h8-12H2,1-7H3. The molecule has 1 atom stereocenters. The van der Waals surface area contributed by atoms with Crippen molar-refractivity contribution in [3.8, 4) is 0 Å². The fraction of sp³-hybridized carbons (Fsp3) is 0.938. The van der Waals surface area contributed by atoms with Crippen molar-refractivity contribution in [1.29, 1.82) is 0 Å². The van der Waals surface area contributed by atoms with E-state index in [9.17, 15) is 4.79 Å². The summed E-state index contributed by atoms with van der Waals surface area (Å²) in [6.45, 7) is 16.3. The molecule has 0 aromatic carbocycles. The maximum Gasteiger partial charge on any atom is 0.327 e. The molecule has 3 heteroatoms. The van der Waals surface area contributed by atoms with Gasteiger partial charge in [0, 0.05) is 0 Å². The maximum absolute atomic E-state index is 12.9. The fourth-order valence-corrected chi connectivity index (χ4v) is 3.21. The van der Waals surface area contributed by atoms with E-state index in [2.05, 4.69) is 32.6 Å². The molecule has 1 unspecified atom stereocenters. The molecule has 3 nitrogen and oxygen atoms in total. The second-order valence-corrected chi connectivity index (χ2v) is 7.65. The van der Waals surface area contributed by atoms with Gasteiger partial charge in [-0.25, -0.2) is 4.79 Å². The zero-order valence-corrected chi connectivity index (χ0v) is 13.8. The van der Waals surface area contributed by atoms with Crippen molar-refractivity contribution in [2.75, 3.05) is 13.1 Å². The molecule has 0 aromatic rings. The number of nitrogens with zero attached hydrogens (tertiary/aromatic N) is 1. The van der Waals surface area contributed by atoms with Gasteiger partial charge in [0.25, 0.3) is 0 Å². The highest BCUT2D eigenvalue weighted by atomic mass is 16.6. The molecular formula is C16H31NO2. The van der Waals surface area contributed by atoms with Gasteiger partial charge in [0.1, 0.15) is 11.1 Å². The van der Waals surface area contributed by atoms with E-state index >= 15 is 0 Å². The average Bonchev–Trinajstić information content (AvgIpc) is 2.24. The monoisotopic (exact) mass is 269 g/mol. The Kier molecular flexibility index (Phi) is 4.71. The molecule has 0 aliphatic carbocycles. The molecule has 0 amide bonds. The lowest BCUT2D eigenvalue weighted by molar-refractivity contribution is -0.182. The molecule has 1 heterocycles. The summed E-state index contributed by atoms with van der Waals surface area (Å²) < 4.78 is 5.76. The highest BCUT2D eigenvalue weighted by Crippen LogP contribution is 2.44. The molecule has 112 valence electrons. The predicted molar refractivity (Wildman–Crippen MR) is 79.1 cm³/mol. The number of carbonyl (C=O) groups excluding carboxylic acids is 1. The normalized spacial score (nSPS) is 26.3. The van der Waals surface area contributed by atoms with Gasteiger partial charge in [0.15, 0.2) is 0 Å². The SMILES string of the molecule is CCN1CCCCC1(C(=O)OC(C)(C)C)C(C)(C)C. The molecule has 0 bridgehead atoms. The third kappa shape index (κ3) is 3.31. The highest BCUT2D eigenvalue weighted by molar-refractivity contribution is 5.82. The zero-order valence-electron chi connectivity index (χ0n) is 13.8. The van der Waals surface area contributed by atoms with Gasteiger partial charge in [0.05, 0.1) is 0 Å². The van der Waals surface area contributed by atoms with Crippen LogP contribution < -0.4 is 0 Å². The lowest BCUT2D eigenvalue weighted by Gasteiger charge is -2.53. The quantitative estimate of drug-likeness (QED) is 0.717. The molecule has 0 aromatic heterocycles. The first-order valence-electron chi connectivity index (χ1n) is 7.53. The summed E-state index contributed by atoms with van der Waals surface area (Å²) in [6.07, 6.45) is 3.18. The summed E-state index contributed by atoms with van der Waals surface area (Å²) in [6, 6.07) is 0. The largest absolute Gasteiger partial charge is 0.459 e. The predicted octanol–water partition coefficient (Wildman–Crippen LogP) is 3.62. The van der Waals surface area contributed by atoms with E-state index in [0.29, 0.717) is 0 Å². The molecular weight excluding hydrogens is 238 g/mol. The Labute approximate surface area is 118 Å². The third-order valence-electron chi connectivity index (χ3n) is 4.12. The van der Waals surface area contributed by atoms with Crippen LogP contribution in [0.15, 0.2) is 0 Å². The second kappa shape index (κ2) is 5.43. The minimum Gasteiger partial charge on any atom is -0.459 e. The molecule has 1 aliphatic heterocycles. The number of carbonyl (C=O) groups is 1. The van der Waals surface area contributed by atoms with Crippen LogP contribution in [0.4, 0.5) is 0 Å². The van der Waals surface area contributed by atoms with Crippen molar-refractivity contribution in [1.82, 2.24) is 4.90 Å². The van der Waals surface area contributed by atoms with Gasteiger partial charge in [0.2, 0.25) is 0 Å². The second-order valence-electron chi connectivity index (χ2n) is 7.65. The van der Waals surface area contributed by atoms with Crippen LogP contribution in [-0.2, 0) is 9.53 Å². The van der Waals surface area contributed by atoms with Gasteiger partial charge in [-0.1, -0.05) is 27.7 Å². The summed E-state index contributed by atoms with van der Waals surface area (Å²) in [7, 11) is 0. The van der Waals surface area contributed by atoms with Gasteiger partial charge in [-0.2, -0.15) is 0 Å². The summed E-state index contributed by atoms with van der Waals surface area (Å²) in [5, 5.41) is 0.